The summed E-state index contributed by atoms with van der Waals surface area (Å²) in [5.74, 6) is 1.59. The molecule has 0 radical (unpaired) electrons. The van der Waals surface area contributed by atoms with Crippen molar-refractivity contribution in [3.63, 3.8) is 0 Å². The molecule has 0 aromatic rings. The van der Waals surface area contributed by atoms with E-state index in [-0.39, 0.29) is 0 Å². The summed E-state index contributed by atoms with van der Waals surface area (Å²) in [6.07, 6.45) is -1.46. The van der Waals surface area contributed by atoms with Crippen LogP contribution in [-0.2, 0) is 14.9 Å². The molecule has 0 amide bonds. The Morgan fingerprint density at radius 2 is 1.86 bits per heavy atom. The lowest BCUT2D eigenvalue weighted by molar-refractivity contribution is -0.134. The second kappa shape index (κ2) is 7.28. The van der Waals surface area contributed by atoms with Gasteiger partial charge in [-0.05, 0) is 12.8 Å². The van der Waals surface area contributed by atoms with Crippen LogP contribution in [-0.4, -0.2) is 46.3 Å². The monoisotopic (exact) mass is 226 g/mol. The molecule has 0 aliphatic carbocycles. The topological polar surface area (TPSA) is 132 Å². The zero-order valence-corrected chi connectivity index (χ0v) is 8.02. The van der Waals surface area contributed by atoms with Gasteiger partial charge >= 0.3 is 5.97 Å². The highest BCUT2D eigenvalue weighted by Crippen LogP contribution is 1.78. The Morgan fingerprint density at radius 1 is 1.43 bits per heavy atom. The van der Waals surface area contributed by atoms with Crippen LogP contribution in [0.1, 0.15) is 6.92 Å². The van der Waals surface area contributed by atoms with Gasteiger partial charge in [-0.15, -0.1) is 5.92 Å². The first-order valence-corrected chi connectivity index (χ1v) is 4.75. The van der Waals surface area contributed by atoms with Crippen LogP contribution in [0.15, 0.2) is 0 Å². The van der Waals surface area contributed by atoms with Crippen molar-refractivity contribution in [2.45, 2.75) is 13.2 Å². The molecule has 0 saturated carbocycles. The fourth-order valence-electron chi connectivity index (χ4n) is 0.285. The maximum absolute atomic E-state index is 9.62. The molecule has 0 heterocycles. The highest BCUT2D eigenvalue weighted by molar-refractivity contribution is 7.86. The lowest BCUT2D eigenvalue weighted by Crippen LogP contribution is -2.13. The number of aliphatic hydroxyl groups is 2. The Hall–Kier alpha value is -1.14. The van der Waals surface area contributed by atoms with E-state index in [9.17, 15) is 13.2 Å². The smallest absolute Gasteiger partial charge is 0.321 e. The van der Waals surface area contributed by atoms with Gasteiger partial charge in [-0.25, -0.2) is 0 Å². The first-order valence-electron chi connectivity index (χ1n) is 3.14. The van der Waals surface area contributed by atoms with Gasteiger partial charge < -0.3 is 15.3 Å². The largest absolute Gasteiger partial charge is 0.480 e. The van der Waals surface area contributed by atoms with Gasteiger partial charge in [0, 0.05) is 0 Å². The summed E-state index contributed by atoms with van der Waals surface area (Å²) >= 11 is 0. The molecule has 0 fully saturated rings. The minimum Gasteiger partial charge on any atom is -0.480 e. The minimum absolute atomic E-state index is 1.23. The molecule has 0 saturated heterocycles. The Morgan fingerprint density at radius 3 is 1.86 bits per heavy atom. The van der Waals surface area contributed by atoms with Gasteiger partial charge in [0.15, 0.2) is 5.75 Å². The number of carbonyl (C=O) groups is 1. The highest BCUT2D eigenvalue weighted by atomic mass is 32.2. The first-order chi connectivity index (χ1) is 6.19. The molecule has 0 unspecified atom stereocenters. The number of carboxylic acid groups (broad SMARTS) is 1. The van der Waals surface area contributed by atoms with E-state index in [2.05, 4.69) is 11.8 Å². The molecular formula is C6H10O7S. The van der Waals surface area contributed by atoms with Crippen molar-refractivity contribution < 1.29 is 33.1 Å². The first kappa shape index (κ1) is 15.3. The normalized spacial score (nSPS) is 9.50. The molecule has 0 spiro atoms. The van der Waals surface area contributed by atoms with Crippen molar-refractivity contribution in [3.05, 3.63) is 0 Å². The number of hydrogen-bond acceptors (Lipinski definition) is 5. The average Bonchev–Trinajstić information content (AvgIpc) is 1.80. The summed E-state index contributed by atoms with van der Waals surface area (Å²) in [5.41, 5.74) is 0. The van der Waals surface area contributed by atoms with Crippen molar-refractivity contribution in [1.29, 1.82) is 0 Å². The molecule has 0 aromatic carbocycles. The maximum atomic E-state index is 9.62. The Kier molecular flexibility index (Phi) is 7.98. The molecule has 0 aromatic heterocycles. The summed E-state index contributed by atoms with van der Waals surface area (Å²) in [4.78, 5) is 9.48. The zero-order chi connectivity index (χ0) is 11.8. The van der Waals surface area contributed by atoms with Crippen LogP contribution in [0.4, 0.5) is 0 Å². The average molecular weight is 226 g/mol. The van der Waals surface area contributed by atoms with Crippen molar-refractivity contribution >= 4 is 16.1 Å². The van der Waals surface area contributed by atoms with E-state index in [1.54, 1.807) is 6.92 Å². The fourth-order valence-corrected chi connectivity index (χ4v) is 0.597. The summed E-state index contributed by atoms with van der Waals surface area (Å²) in [5, 5.41) is 23.6. The molecule has 7 nitrogen and oxygen atoms in total. The summed E-state index contributed by atoms with van der Waals surface area (Å²) < 4.78 is 27.0. The molecule has 8 heteroatoms. The third-order valence-electron chi connectivity index (χ3n) is 0.579. The fraction of sp³-hybridized carbons (Fsp3) is 0.500. The Labute approximate surface area is 80.7 Å². The van der Waals surface area contributed by atoms with Crippen LogP contribution in [0.2, 0.25) is 0 Å². The predicted molar refractivity (Wildman–Crippen MR) is 45.7 cm³/mol. The van der Waals surface area contributed by atoms with Crippen LogP contribution in [0, 0.1) is 11.8 Å². The summed E-state index contributed by atoms with van der Waals surface area (Å²) in [6, 6.07) is 0. The van der Waals surface area contributed by atoms with Gasteiger partial charge in [0.05, 0.1) is 0 Å². The van der Waals surface area contributed by atoms with Crippen molar-refractivity contribution in [2.75, 3.05) is 5.75 Å². The molecule has 4 N–H and O–H groups in total. The molecule has 0 bridgehead atoms. The Balaban J connectivity index is 0. The van der Waals surface area contributed by atoms with Crippen molar-refractivity contribution in [1.82, 2.24) is 0 Å². The van der Waals surface area contributed by atoms with E-state index >= 15 is 0 Å². The molecule has 0 aliphatic heterocycles. The minimum atomic E-state index is -4.32. The molecular weight excluding hydrogens is 216 g/mol. The zero-order valence-electron chi connectivity index (χ0n) is 7.21. The van der Waals surface area contributed by atoms with Gasteiger partial charge in [-0.1, -0.05) is 0 Å². The Bertz CT molecular complexity index is 318. The third kappa shape index (κ3) is 22.4. The van der Waals surface area contributed by atoms with Gasteiger partial charge in [0.1, 0.15) is 0 Å². The van der Waals surface area contributed by atoms with Crippen LogP contribution in [0.25, 0.3) is 0 Å². The summed E-state index contributed by atoms with van der Waals surface area (Å²) in [7, 11) is -4.32. The van der Waals surface area contributed by atoms with E-state index < -0.39 is 28.1 Å². The van der Waals surface area contributed by atoms with E-state index in [1.165, 1.54) is 0 Å². The molecule has 0 aliphatic rings. The SMILES string of the molecule is CC#CC(O)O.O=C(O)CS(=O)(=O)O. The maximum Gasteiger partial charge on any atom is 0.321 e. The van der Waals surface area contributed by atoms with Crippen molar-refractivity contribution in [2.24, 2.45) is 0 Å². The van der Waals surface area contributed by atoms with E-state index in [4.69, 9.17) is 19.9 Å². The molecule has 14 heavy (non-hydrogen) atoms. The van der Waals surface area contributed by atoms with Crippen molar-refractivity contribution in [3.8, 4) is 11.8 Å². The predicted octanol–water partition coefficient (Wildman–Crippen LogP) is -1.72. The van der Waals surface area contributed by atoms with Gasteiger partial charge in [0.25, 0.3) is 10.1 Å². The van der Waals surface area contributed by atoms with Gasteiger partial charge in [-0.2, -0.15) is 8.42 Å². The second-order valence-electron chi connectivity index (χ2n) is 1.89. The quantitative estimate of drug-likeness (QED) is 0.250. The number of rotatable bonds is 2. The molecule has 82 valence electrons. The van der Waals surface area contributed by atoms with E-state index in [0.29, 0.717) is 0 Å². The number of carboxylic acids is 1. The molecule has 0 atom stereocenters. The highest BCUT2D eigenvalue weighted by Gasteiger charge is 2.09. The second-order valence-corrected chi connectivity index (χ2v) is 3.34. The standard InChI is InChI=1S/C4H6O2.C2H4O5S/c1-2-3-4(5)6;3-2(4)1-8(5,6)7/h4-6H,1H3;1H2,(H,3,4)(H,5,6,7). The van der Waals surface area contributed by atoms with Gasteiger partial charge in [0.2, 0.25) is 6.29 Å². The van der Waals surface area contributed by atoms with E-state index in [1.807, 2.05) is 0 Å². The summed E-state index contributed by atoms with van der Waals surface area (Å²) in [6.45, 7) is 1.54. The number of aliphatic hydroxyl groups excluding tert-OH is 1. The number of hydrogen-bond donors (Lipinski definition) is 4. The van der Waals surface area contributed by atoms with E-state index in [0.717, 1.165) is 0 Å². The van der Waals surface area contributed by atoms with Crippen LogP contribution in [0.5, 0.6) is 0 Å². The lowest BCUT2D eigenvalue weighted by atomic mass is 10.6. The molecule has 0 rings (SSSR count). The van der Waals surface area contributed by atoms with Crippen LogP contribution >= 0.6 is 0 Å². The van der Waals surface area contributed by atoms with Gasteiger partial charge in [-0.3, -0.25) is 9.35 Å². The lowest BCUT2D eigenvalue weighted by Gasteiger charge is -1.85. The van der Waals surface area contributed by atoms with Crippen LogP contribution < -0.4 is 0 Å². The number of aliphatic carboxylic acids is 1. The third-order valence-corrected chi connectivity index (χ3v) is 1.19. The van der Waals surface area contributed by atoms with Crippen LogP contribution in [0.3, 0.4) is 0 Å².